The molecular formula is C32H45N3O11S2. The third kappa shape index (κ3) is 8.41. The summed E-state index contributed by atoms with van der Waals surface area (Å²) in [5.74, 6) is 0.341. The Hall–Kier alpha value is -2.99. The van der Waals surface area contributed by atoms with Gasteiger partial charge in [0.25, 0.3) is 0 Å². The van der Waals surface area contributed by atoms with Crippen LogP contribution in [0, 0.1) is 11.3 Å². The van der Waals surface area contributed by atoms with Crippen LogP contribution in [0.1, 0.15) is 39.2 Å². The predicted molar refractivity (Wildman–Crippen MR) is 175 cm³/mol. The van der Waals surface area contributed by atoms with Crippen LogP contribution in [-0.4, -0.2) is 112 Å². The number of carbonyl (C=O) groups is 1. The van der Waals surface area contributed by atoms with Gasteiger partial charge in [-0.05, 0) is 49.3 Å². The summed E-state index contributed by atoms with van der Waals surface area (Å²) in [7, 11) is -7.77. The highest BCUT2D eigenvalue weighted by Crippen LogP contribution is 2.38. The topological polar surface area (TPSA) is 181 Å². The van der Waals surface area contributed by atoms with E-state index in [4.69, 9.17) is 18.9 Å². The fourth-order valence-corrected chi connectivity index (χ4v) is 8.78. The number of aliphatic hydroxyl groups is 1. The zero-order valence-corrected chi connectivity index (χ0v) is 29.0. The molecule has 1 amide bonds. The van der Waals surface area contributed by atoms with Crippen molar-refractivity contribution in [1.82, 2.24) is 13.9 Å². The van der Waals surface area contributed by atoms with Gasteiger partial charge in [-0.15, -0.1) is 0 Å². The minimum absolute atomic E-state index is 0.0497. The molecule has 0 aliphatic carbocycles. The van der Waals surface area contributed by atoms with E-state index in [-0.39, 0.29) is 61.6 Å². The van der Waals surface area contributed by atoms with Crippen molar-refractivity contribution in [1.29, 1.82) is 0 Å². The van der Waals surface area contributed by atoms with E-state index in [0.717, 1.165) is 9.87 Å². The van der Waals surface area contributed by atoms with Gasteiger partial charge >= 0.3 is 6.09 Å². The quantitative estimate of drug-likeness (QED) is 0.233. The Labute approximate surface area is 282 Å². The van der Waals surface area contributed by atoms with E-state index < -0.39 is 62.6 Å². The second kappa shape index (κ2) is 14.9. The Balaban J connectivity index is 1.48. The number of aliphatic hydroxyl groups excluding tert-OH is 1. The summed E-state index contributed by atoms with van der Waals surface area (Å²) in [5.41, 5.74) is -0.00578. The van der Waals surface area contributed by atoms with E-state index in [1.165, 1.54) is 30.0 Å². The summed E-state index contributed by atoms with van der Waals surface area (Å²) >= 11 is 0. The van der Waals surface area contributed by atoms with Crippen LogP contribution in [0.15, 0.2) is 53.4 Å². The maximum Gasteiger partial charge on any atom is 0.407 e. The molecule has 2 aromatic rings. The molecule has 5 atom stereocenters. The first kappa shape index (κ1) is 36.3. The summed E-state index contributed by atoms with van der Waals surface area (Å²) in [6.45, 7) is 5.14. The Bertz CT molecular complexity index is 1640. The molecule has 3 N–H and O–H groups in total. The molecule has 266 valence electrons. The fraction of sp³-hybridized carbons (Fsp3) is 0.594. The van der Waals surface area contributed by atoms with Crippen molar-refractivity contribution in [2.45, 2.75) is 69.4 Å². The molecule has 0 aromatic heterocycles. The molecule has 2 aromatic carbocycles. The Kier molecular flexibility index (Phi) is 11.2. The van der Waals surface area contributed by atoms with Crippen molar-refractivity contribution in [3.63, 3.8) is 0 Å². The molecule has 2 saturated heterocycles. The molecule has 3 aliphatic heterocycles. The summed E-state index contributed by atoms with van der Waals surface area (Å²) in [4.78, 5) is 14.1. The maximum atomic E-state index is 14.4. The van der Waals surface area contributed by atoms with Gasteiger partial charge in [0.2, 0.25) is 26.8 Å². The van der Waals surface area contributed by atoms with Crippen LogP contribution < -0.4 is 14.2 Å². The first-order chi connectivity index (χ1) is 22.7. The molecule has 0 bridgehead atoms. The highest BCUT2D eigenvalue weighted by Gasteiger charge is 2.49. The van der Waals surface area contributed by atoms with Gasteiger partial charge in [-0.25, -0.2) is 26.4 Å². The number of hydrogen-bond donors (Lipinski definition) is 3. The fourth-order valence-electron chi connectivity index (χ4n) is 6.50. The zero-order chi connectivity index (χ0) is 34.7. The van der Waals surface area contributed by atoms with Gasteiger partial charge in [-0.3, -0.25) is 4.90 Å². The van der Waals surface area contributed by atoms with E-state index in [1.54, 1.807) is 0 Å². The van der Waals surface area contributed by atoms with E-state index in [1.807, 2.05) is 44.2 Å². The molecule has 3 heterocycles. The summed E-state index contributed by atoms with van der Waals surface area (Å²) < 4.78 is 78.7. The van der Waals surface area contributed by atoms with Crippen LogP contribution in [0.3, 0.4) is 0 Å². The van der Waals surface area contributed by atoms with Crippen LogP contribution in [0.4, 0.5) is 4.79 Å². The first-order valence-corrected chi connectivity index (χ1v) is 19.1. The van der Waals surface area contributed by atoms with Gasteiger partial charge in [0.1, 0.15) is 0 Å². The van der Waals surface area contributed by atoms with Gasteiger partial charge in [0.05, 0.1) is 42.0 Å². The summed E-state index contributed by atoms with van der Waals surface area (Å²) in [5, 5.41) is 22.6. The van der Waals surface area contributed by atoms with Gasteiger partial charge in [-0.1, -0.05) is 44.2 Å². The number of hydrogen-bond acceptors (Lipinski definition) is 10. The Morgan fingerprint density at radius 1 is 1.06 bits per heavy atom. The van der Waals surface area contributed by atoms with Crippen molar-refractivity contribution < 1.29 is 50.8 Å². The summed E-state index contributed by atoms with van der Waals surface area (Å²) in [6, 6.07) is 11.7. The lowest BCUT2D eigenvalue weighted by atomic mass is 9.89. The highest BCUT2D eigenvalue weighted by molar-refractivity contribution is 7.89. The van der Waals surface area contributed by atoms with Crippen molar-refractivity contribution >= 4 is 26.1 Å². The molecule has 0 saturated carbocycles. The molecule has 2 fully saturated rings. The third-order valence-corrected chi connectivity index (χ3v) is 12.4. The van der Waals surface area contributed by atoms with Gasteiger partial charge < -0.3 is 29.2 Å². The lowest BCUT2D eigenvalue weighted by molar-refractivity contribution is -0.0906. The highest BCUT2D eigenvalue weighted by atomic mass is 32.2. The van der Waals surface area contributed by atoms with Crippen LogP contribution in [0.25, 0.3) is 0 Å². The van der Waals surface area contributed by atoms with Gasteiger partial charge in [0, 0.05) is 31.6 Å². The third-order valence-electron chi connectivity index (χ3n) is 9.16. The molecule has 3 aliphatic rings. The van der Waals surface area contributed by atoms with E-state index in [9.17, 15) is 31.8 Å². The Morgan fingerprint density at radius 2 is 1.79 bits per heavy atom. The molecule has 16 heteroatoms. The number of fused-ring (bicyclic) bond motifs is 2. The lowest BCUT2D eigenvalue weighted by Gasteiger charge is -2.40. The molecule has 48 heavy (non-hydrogen) atoms. The number of rotatable bonds is 16. The van der Waals surface area contributed by atoms with Crippen molar-refractivity contribution in [3.05, 3.63) is 54.1 Å². The van der Waals surface area contributed by atoms with Crippen LogP contribution in [0.5, 0.6) is 11.5 Å². The smallest absolute Gasteiger partial charge is 0.407 e. The number of ether oxygens (including phenoxy) is 4. The average molecular weight is 712 g/mol. The molecule has 5 rings (SSSR count). The Morgan fingerprint density at radius 3 is 2.50 bits per heavy atom. The van der Waals surface area contributed by atoms with Crippen molar-refractivity contribution in [3.8, 4) is 11.5 Å². The minimum atomic E-state index is -4.31. The normalized spacial score (nSPS) is 22.1. The van der Waals surface area contributed by atoms with Crippen molar-refractivity contribution in [2.75, 3.05) is 45.4 Å². The standard InChI is InChI=1S/C32H45N3O11S2/c1-4-47(39,40)33-14-13-32(2,3)20-34(48(41,42)23-10-11-28-29(17-23)46-21-45-28)18-27(36)25(16-22-8-6-5-7-9-22)35(31(37)38)26-19-44-30-24(26)12-15-43-30/h5-11,17,24-27,30,33,36H,4,12-16,18-21H2,1-3H3,(H,37,38)/t24-,25-,26-,27+,30+/m0/s1. The lowest BCUT2D eigenvalue weighted by Crippen LogP contribution is -2.58. The zero-order valence-electron chi connectivity index (χ0n) is 27.4. The SMILES string of the molecule is CCS(=O)(=O)NCCC(C)(C)CN(C[C@@H](O)[C@H](Cc1ccccc1)N(C(=O)O)[C@H]1CO[C@H]2OCC[C@H]21)S(=O)(=O)c1ccc2c(c1)OCO2. The molecule has 14 nitrogen and oxygen atoms in total. The largest absolute Gasteiger partial charge is 0.465 e. The van der Waals surface area contributed by atoms with Gasteiger partial charge in [0.15, 0.2) is 17.8 Å². The number of nitrogens with zero attached hydrogens (tertiary/aromatic N) is 2. The molecular weight excluding hydrogens is 666 g/mol. The number of carboxylic acid groups (broad SMARTS) is 1. The molecule has 0 radical (unpaired) electrons. The first-order valence-electron chi connectivity index (χ1n) is 16.0. The second-order valence-corrected chi connectivity index (χ2v) is 17.2. The number of sulfonamides is 2. The second-order valence-electron chi connectivity index (χ2n) is 13.1. The average Bonchev–Trinajstić information content (AvgIpc) is 3.79. The maximum absolute atomic E-state index is 14.4. The number of benzene rings is 2. The minimum Gasteiger partial charge on any atom is -0.465 e. The van der Waals surface area contributed by atoms with E-state index >= 15 is 0 Å². The molecule has 0 unspecified atom stereocenters. The number of amides is 1. The van der Waals surface area contributed by atoms with Crippen LogP contribution in [-0.2, 0) is 35.9 Å². The predicted octanol–water partition coefficient (Wildman–Crippen LogP) is 2.48. The number of nitrogens with one attached hydrogen (secondary N) is 1. The van der Waals surface area contributed by atoms with Gasteiger partial charge in [-0.2, -0.15) is 4.31 Å². The van der Waals surface area contributed by atoms with Crippen LogP contribution >= 0.6 is 0 Å². The molecule has 0 spiro atoms. The monoisotopic (exact) mass is 711 g/mol. The summed E-state index contributed by atoms with van der Waals surface area (Å²) in [6.07, 6.45) is -2.28. The van der Waals surface area contributed by atoms with Crippen molar-refractivity contribution in [2.24, 2.45) is 11.3 Å². The van der Waals surface area contributed by atoms with Crippen LogP contribution in [0.2, 0.25) is 0 Å². The van der Waals surface area contributed by atoms with E-state index in [0.29, 0.717) is 18.8 Å². The van der Waals surface area contributed by atoms with E-state index in [2.05, 4.69) is 4.72 Å².